The van der Waals surface area contributed by atoms with Gasteiger partial charge in [0.2, 0.25) is 0 Å². The van der Waals surface area contributed by atoms with Crippen molar-refractivity contribution in [2.75, 3.05) is 6.54 Å². The fourth-order valence-electron chi connectivity index (χ4n) is 3.03. The molecule has 2 aromatic rings. The molecule has 0 unspecified atom stereocenters. The number of nitrogens with zero attached hydrogens (tertiary/aromatic N) is 3. The predicted octanol–water partition coefficient (Wildman–Crippen LogP) is 1.51. The summed E-state index contributed by atoms with van der Waals surface area (Å²) in [7, 11) is 0. The van der Waals surface area contributed by atoms with Gasteiger partial charge in [-0.1, -0.05) is 12.1 Å². The third-order valence-electron chi connectivity index (χ3n) is 4.39. The number of aryl methyl sites for hydroxylation is 2. The van der Waals surface area contributed by atoms with Gasteiger partial charge in [0.1, 0.15) is 5.82 Å². The van der Waals surface area contributed by atoms with Gasteiger partial charge in [-0.15, -0.1) is 0 Å². The molecule has 3 rings (SSSR count). The number of aliphatic carboxylic acids is 1. The van der Waals surface area contributed by atoms with Crippen LogP contribution in [0.2, 0.25) is 0 Å². The van der Waals surface area contributed by atoms with Crippen molar-refractivity contribution in [1.82, 2.24) is 14.7 Å². The number of aliphatic hydroxyl groups is 1. The molecule has 7 nitrogen and oxygen atoms in total. The first-order valence-corrected chi connectivity index (χ1v) is 8.44. The molecule has 1 aromatic carbocycles. The van der Waals surface area contributed by atoms with Gasteiger partial charge in [0, 0.05) is 19.5 Å². The molecule has 138 valence electrons. The van der Waals surface area contributed by atoms with Crippen LogP contribution in [0.3, 0.4) is 0 Å². The van der Waals surface area contributed by atoms with E-state index in [-0.39, 0.29) is 13.0 Å². The topological polar surface area (TPSA) is 95.7 Å². The Hall–Kier alpha value is -2.74. The van der Waals surface area contributed by atoms with Crippen LogP contribution in [0, 0.1) is 5.82 Å². The number of fused-ring (bicyclic) bond motifs is 1. The van der Waals surface area contributed by atoms with E-state index in [1.165, 1.54) is 24.3 Å². The standard InChI is InChI=1S/C18H20FN3O4/c19-13-4-2-12(3-5-13)17(25)18(26)21-8-1-9-22-15(11-21)10-14(20-22)6-7-16(23)24/h2-5,10,17,25H,1,6-9,11H2,(H,23,24)/t17-/m1/s1. The second kappa shape index (κ2) is 7.65. The number of hydrogen-bond acceptors (Lipinski definition) is 4. The molecule has 2 heterocycles. The number of carbonyl (C=O) groups excluding carboxylic acids is 1. The highest BCUT2D eigenvalue weighted by Gasteiger charge is 2.26. The lowest BCUT2D eigenvalue weighted by Crippen LogP contribution is -2.34. The van der Waals surface area contributed by atoms with Crippen molar-refractivity contribution in [3.05, 3.63) is 53.1 Å². The molecular weight excluding hydrogens is 341 g/mol. The molecule has 1 atom stereocenters. The summed E-state index contributed by atoms with van der Waals surface area (Å²) in [5.41, 5.74) is 1.83. The van der Waals surface area contributed by atoms with E-state index in [1.807, 2.05) is 0 Å². The fourth-order valence-corrected chi connectivity index (χ4v) is 3.03. The van der Waals surface area contributed by atoms with Gasteiger partial charge in [-0.25, -0.2) is 4.39 Å². The van der Waals surface area contributed by atoms with Crippen LogP contribution in [0.4, 0.5) is 4.39 Å². The van der Waals surface area contributed by atoms with E-state index < -0.39 is 23.8 Å². The zero-order valence-electron chi connectivity index (χ0n) is 14.1. The van der Waals surface area contributed by atoms with Crippen LogP contribution in [0.15, 0.2) is 30.3 Å². The van der Waals surface area contributed by atoms with E-state index in [0.717, 1.165) is 5.69 Å². The molecule has 0 spiro atoms. The van der Waals surface area contributed by atoms with Gasteiger partial charge in [-0.05, 0) is 30.2 Å². The summed E-state index contributed by atoms with van der Waals surface area (Å²) < 4.78 is 14.8. The van der Waals surface area contributed by atoms with Gasteiger partial charge >= 0.3 is 5.97 Å². The van der Waals surface area contributed by atoms with Gasteiger partial charge in [-0.2, -0.15) is 5.10 Å². The van der Waals surface area contributed by atoms with Crippen molar-refractivity contribution in [3.63, 3.8) is 0 Å². The Balaban J connectivity index is 1.72. The van der Waals surface area contributed by atoms with Gasteiger partial charge in [0.25, 0.3) is 5.91 Å². The molecule has 2 N–H and O–H groups in total. The minimum Gasteiger partial charge on any atom is -0.481 e. The van der Waals surface area contributed by atoms with E-state index in [9.17, 15) is 19.1 Å². The maximum Gasteiger partial charge on any atom is 0.303 e. The van der Waals surface area contributed by atoms with Crippen LogP contribution < -0.4 is 0 Å². The smallest absolute Gasteiger partial charge is 0.303 e. The monoisotopic (exact) mass is 361 g/mol. The molecule has 26 heavy (non-hydrogen) atoms. The summed E-state index contributed by atoms with van der Waals surface area (Å²) in [5, 5.41) is 23.5. The minimum absolute atomic E-state index is 0.00236. The Kier molecular flexibility index (Phi) is 5.32. The first-order valence-electron chi connectivity index (χ1n) is 8.44. The number of amides is 1. The molecule has 0 saturated heterocycles. The molecular formula is C18H20FN3O4. The number of rotatable bonds is 5. The van der Waals surface area contributed by atoms with E-state index in [2.05, 4.69) is 5.10 Å². The third-order valence-corrected chi connectivity index (χ3v) is 4.39. The molecule has 1 aliphatic heterocycles. The molecule has 0 bridgehead atoms. The maximum atomic E-state index is 13.0. The van der Waals surface area contributed by atoms with Crippen molar-refractivity contribution in [1.29, 1.82) is 0 Å². The van der Waals surface area contributed by atoms with Crippen LogP contribution in [0.1, 0.15) is 35.9 Å². The van der Waals surface area contributed by atoms with Crippen molar-refractivity contribution >= 4 is 11.9 Å². The predicted molar refractivity (Wildman–Crippen MR) is 89.6 cm³/mol. The lowest BCUT2D eigenvalue weighted by Gasteiger charge is -2.23. The average Bonchev–Trinajstić information content (AvgIpc) is 2.89. The van der Waals surface area contributed by atoms with E-state index in [0.29, 0.717) is 37.2 Å². The second-order valence-electron chi connectivity index (χ2n) is 6.31. The molecule has 8 heteroatoms. The SMILES string of the molecule is O=C(O)CCc1cc2n(n1)CCCN(C(=O)[C@H](O)c1ccc(F)cc1)C2. The number of benzene rings is 1. The second-order valence-corrected chi connectivity index (χ2v) is 6.31. The number of halogens is 1. The highest BCUT2D eigenvalue weighted by atomic mass is 19.1. The van der Waals surface area contributed by atoms with E-state index in [4.69, 9.17) is 5.11 Å². The third kappa shape index (κ3) is 4.08. The lowest BCUT2D eigenvalue weighted by atomic mass is 10.1. The average molecular weight is 361 g/mol. The van der Waals surface area contributed by atoms with Crippen LogP contribution >= 0.6 is 0 Å². The number of aliphatic hydroxyl groups excluding tert-OH is 1. The normalized spacial score (nSPS) is 15.2. The Labute approximate surface area is 149 Å². The molecule has 1 aromatic heterocycles. The zero-order valence-corrected chi connectivity index (χ0v) is 14.1. The van der Waals surface area contributed by atoms with Crippen molar-refractivity contribution < 1.29 is 24.2 Å². The summed E-state index contributed by atoms with van der Waals surface area (Å²) in [5.74, 6) is -1.76. The van der Waals surface area contributed by atoms with Crippen molar-refractivity contribution in [2.24, 2.45) is 0 Å². The fraction of sp³-hybridized carbons (Fsp3) is 0.389. The van der Waals surface area contributed by atoms with Gasteiger partial charge in [0.15, 0.2) is 6.10 Å². The Morgan fingerprint density at radius 2 is 1.96 bits per heavy atom. The summed E-state index contributed by atoms with van der Waals surface area (Å²) in [6.07, 6.45) is -0.338. The lowest BCUT2D eigenvalue weighted by molar-refractivity contribution is -0.141. The first kappa shape index (κ1) is 18.1. The van der Waals surface area contributed by atoms with Gasteiger partial charge < -0.3 is 15.1 Å². The highest BCUT2D eigenvalue weighted by Crippen LogP contribution is 2.21. The maximum absolute atomic E-state index is 13.0. The summed E-state index contributed by atoms with van der Waals surface area (Å²) in [6, 6.07) is 7.00. The van der Waals surface area contributed by atoms with Gasteiger partial charge in [-0.3, -0.25) is 14.3 Å². The van der Waals surface area contributed by atoms with Crippen LogP contribution in [-0.4, -0.2) is 43.3 Å². The first-order chi connectivity index (χ1) is 12.4. The molecule has 0 saturated carbocycles. The number of carboxylic acid groups (broad SMARTS) is 1. The Morgan fingerprint density at radius 1 is 1.23 bits per heavy atom. The molecule has 0 aliphatic carbocycles. The summed E-state index contributed by atoms with van der Waals surface area (Å²) >= 11 is 0. The van der Waals surface area contributed by atoms with Crippen molar-refractivity contribution in [3.8, 4) is 0 Å². The summed E-state index contributed by atoms with van der Waals surface area (Å²) in [4.78, 5) is 24.9. The molecule has 1 aliphatic rings. The Morgan fingerprint density at radius 3 is 2.65 bits per heavy atom. The molecule has 0 fully saturated rings. The van der Waals surface area contributed by atoms with Gasteiger partial charge in [0.05, 0.1) is 24.4 Å². The number of carbonyl (C=O) groups is 2. The van der Waals surface area contributed by atoms with Crippen LogP contribution in [0.25, 0.3) is 0 Å². The zero-order chi connectivity index (χ0) is 18.7. The number of aromatic nitrogens is 2. The number of carboxylic acids is 1. The van der Waals surface area contributed by atoms with E-state index in [1.54, 1.807) is 15.6 Å². The molecule has 1 amide bonds. The van der Waals surface area contributed by atoms with Crippen molar-refractivity contribution in [2.45, 2.75) is 38.5 Å². The largest absolute Gasteiger partial charge is 0.481 e. The Bertz CT molecular complexity index is 803. The van der Waals surface area contributed by atoms with E-state index >= 15 is 0 Å². The van der Waals surface area contributed by atoms with Crippen LogP contribution in [0.5, 0.6) is 0 Å². The van der Waals surface area contributed by atoms with Crippen LogP contribution in [-0.2, 0) is 29.1 Å². The highest BCUT2D eigenvalue weighted by molar-refractivity contribution is 5.82. The minimum atomic E-state index is -1.35. The number of hydrogen-bond donors (Lipinski definition) is 2. The summed E-state index contributed by atoms with van der Waals surface area (Å²) in [6.45, 7) is 1.39. The molecule has 0 radical (unpaired) electrons. The quantitative estimate of drug-likeness (QED) is 0.842.